The highest BCUT2D eigenvalue weighted by atomic mass is 15.0. The zero-order valence-corrected chi connectivity index (χ0v) is 25.7. The van der Waals surface area contributed by atoms with Crippen LogP contribution >= 0.6 is 0 Å². The standard InChI is InChI=1S/C43H33N3/c44-28-29-25-26-30(45-39-20-8-4-16-34(39)35-17-5-9-21-40(35)45)27-38(29)32-14-2-1-13-31(32)33-15-3-10-22-41(33)46-42-23-11-6-18-36(42)37-19-7-12-24-43(37)46/h1-4,6-8,10-11,13-16,18-20,22-23,25-27H,5,9,12,17,21,24H2. The number of aryl methyl sites for hydroxylation is 1. The Morgan fingerprint density at radius 2 is 1.24 bits per heavy atom. The third-order valence-corrected chi connectivity index (χ3v) is 10.1. The van der Waals surface area contributed by atoms with Gasteiger partial charge in [-0.2, -0.15) is 5.26 Å². The topological polar surface area (TPSA) is 33.6 Å². The molecular formula is C43H33N3. The van der Waals surface area contributed by atoms with Crippen LogP contribution < -0.4 is 0 Å². The predicted molar refractivity (Wildman–Crippen MR) is 190 cm³/mol. The highest BCUT2D eigenvalue weighted by Crippen LogP contribution is 2.42. The van der Waals surface area contributed by atoms with Crippen LogP contribution in [0.5, 0.6) is 0 Å². The van der Waals surface area contributed by atoms with Gasteiger partial charge in [-0.25, -0.2) is 0 Å². The van der Waals surface area contributed by atoms with Crippen molar-refractivity contribution in [3.8, 4) is 39.7 Å². The van der Waals surface area contributed by atoms with Crippen molar-refractivity contribution in [1.29, 1.82) is 5.26 Å². The Kier molecular flexibility index (Phi) is 6.28. The lowest BCUT2D eigenvalue weighted by molar-refractivity contribution is 0.667. The third kappa shape index (κ3) is 4.04. The number of fused-ring (bicyclic) bond motifs is 6. The molecule has 0 atom stereocenters. The molecule has 0 unspecified atom stereocenters. The highest BCUT2D eigenvalue weighted by molar-refractivity contribution is 5.96. The Morgan fingerprint density at radius 1 is 0.565 bits per heavy atom. The minimum atomic E-state index is 0.688. The smallest absolute Gasteiger partial charge is 0.0998 e. The van der Waals surface area contributed by atoms with Crippen LogP contribution in [-0.4, -0.2) is 9.13 Å². The van der Waals surface area contributed by atoms with Crippen LogP contribution in [0.2, 0.25) is 0 Å². The van der Waals surface area contributed by atoms with Gasteiger partial charge in [-0.3, -0.25) is 0 Å². The summed E-state index contributed by atoms with van der Waals surface area (Å²) in [5, 5.41) is 13.1. The van der Waals surface area contributed by atoms with E-state index in [1.54, 1.807) is 0 Å². The zero-order valence-electron chi connectivity index (χ0n) is 25.7. The number of hydrogen-bond acceptors (Lipinski definition) is 1. The lowest BCUT2D eigenvalue weighted by atomic mass is 9.90. The Hall–Kier alpha value is -5.59. The number of para-hydroxylation sites is 3. The number of allylic oxidation sites excluding steroid dienone is 1. The predicted octanol–water partition coefficient (Wildman–Crippen LogP) is 10.6. The quantitative estimate of drug-likeness (QED) is 0.200. The fourth-order valence-corrected chi connectivity index (χ4v) is 8.08. The maximum absolute atomic E-state index is 10.4. The van der Waals surface area contributed by atoms with E-state index in [-0.39, 0.29) is 0 Å². The molecule has 2 aromatic heterocycles. The van der Waals surface area contributed by atoms with Crippen molar-refractivity contribution in [2.75, 3.05) is 0 Å². The van der Waals surface area contributed by atoms with E-state index in [0.717, 1.165) is 53.6 Å². The van der Waals surface area contributed by atoms with Crippen molar-refractivity contribution < 1.29 is 0 Å². The Balaban J connectivity index is 1.27. The molecule has 0 aliphatic heterocycles. The first-order chi connectivity index (χ1) is 22.8. The van der Waals surface area contributed by atoms with Crippen LogP contribution in [0.4, 0.5) is 0 Å². The van der Waals surface area contributed by atoms with Crippen molar-refractivity contribution in [2.24, 2.45) is 0 Å². The van der Waals surface area contributed by atoms with Crippen LogP contribution in [0.3, 0.4) is 0 Å². The van der Waals surface area contributed by atoms with Gasteiger partial charge in [-0.15, -0.1) is 0 Å². The van der Waals surface area contributed by atoms with Crippen molar-refractivity contribution in [1.82, 2.24) is 9.13 Å². The van der Waals surface area contributed by atoms with E-state index < -0.39 is 0 Å². The van der Waals surface area contributed by atoms with Gasteiger partial charge in [0.05, 0.1) is 28.4 Å². The molecule has 220 valence electrons. The molecule has 0 spiro atoms. The molecule has 0 bridgehead atoms. The van der Waals surface area contributed by atoms with E-state index in [2.05, 4.69) is 137 Å². The molecule has 2 aliphatic rings. The van der Waals surface area contributed by atoms with Gasteiger partial charge < -0.3 is 9.13 Å². The average molecular weight is 592 g/mol. The molecule has 3 heteroatoms. The van der Waals surface area contributed by atoms with Crippen LogP contribution in [0.1, 0.15) is 47.3 Å². The minimum absolute atomic E-state index is 0.688. The molecule has 2 aliphatic carbocycles. The molecule has 3 nitrogen and oxygen atoms in total. The van der Waals surface area contributed by atoms with Gasteiger partial charge in [-0.1, -0.05) is 91.0 Å². The Bertz CT molecular complexity index is 2390. The van der Waals surface area contributed by atoms with Crippen LogP contribution in [0.25, 0.3) is 61.5 Å². The molecule has 0 saturated heterocycles. The normalized spacial score (nSPS) is 13.9. The van der Waals surface area contributed by atoms with Crippen LogP contribution in [-0.2, 0) is 19.3 Å². The lowest BCUT2D eigenvalue weighted by Crippen LogP contribution is -2.07. The van der Waals surface area contributed by atoms with E-state index in [9.17, 15) is 5.26 Å². The first-order valence-electron chi connectivity index (χ1n) is 16.5. The third-order valence-electron chi connectivity index (χ3n) is 10.1. The van der Waals surface area contributed by atoms with Crippen molar-refractivity contribution in [3.05, 3.63) is 149 Å². The summed E-state index contributed by atoms with van der Waals surface area (Å²) in [5.74, 6) is 0. The summed E-state index contributed by atoms with van der Waals surface area (Å²) in [7, 11) is 0. The molecule has 0 saturated carbocycles. The van der Waals surface area contributed by atoms with Gasteiger partial charge in [-0.05, 0) is 91.6 Å². The number of rotatable bonds is 4. The number of benzene rings is 5. The van der Waals surface area contributed by atoms with Crippen molar-refractivity contribution in [3.63, 3.8) is 0 Å². The minimum Gasteiger partial charge on any atom is -0.313 e. The number of hydrogen-bond donors (Lipinski definition) is 0. The second kappa shape index (κ2) is 10.8. The molecule has 7 aromatic rings. The fourth-order valence-electron chi connectivity index (χ4n) is 8.08. The molecule has 2 heterocycles. The van der Waals surface area contributed by atoms with Crippen molar-refractivity contribution >= 4 is 27.9 Å². The molecule has 9 rings (SSSR count). The van der Waals surface area contributed by atoms with E-state index in [0.29, 0.717) is 5.56 Å². The van der Waals surface area contributed by atoms with E-state index in [1.807, 2.05) is 6.07 Å². The van der Waals surface area contributed by atoms with Gasteiger partial charge in [0.25, 0.3) is 0 Å². The van der Waals surface area contributed by atoms with Crippen LogP contribution in [0.15, 0.2) is 121 Å². The summed E-state index contributed by atoms with van der Waals surface area (Å²) in [6.45, 7) is 0. The van der Waals surface area contributed by atoms with E-state index in [1.165, 1.54) is 62.8 Å². The number of nitrogens with zero attached hydrogens (tertiary/aromatic N) is 3. The summed E-state index contributed by atoms with van der Waals surface area (Å²) in [6.07, 6.45) is 11.3. The second-order valence-corrected chi connectivity index (χ2v) is 12.5. The SMILES string of the molecule is N#Cc1ccc(-n2c3c(c4ccccc42)CCCC3)cc1-c1ccccc1-c1ccccc1-n1c2c(c3ccccc31)C=CCC2. The van der Waals surface area contributed by atoms with Gasteiger partial charge in [0.1, 0.15) is 0 Å². The van der Waals surface area contributed by atoms with Crippen LogP contribution in [0, 0.1) is 11.3 Å². The largest absolute Gasteiger partial charge is 0.313 e. The van der Waals surface area contributed by atoms with Crippen molar-refractivity contribution in [2.45, 2.75) is 38.5 Å². The van der Waals surface area contributed by atoms with Gasteiger partial charge in [0.15, 0.2) is 0 Å². The molecule has 0 radical (unpaired) electrons. The molecule has 0 fully saturated rings. The summed E-state index contributed by atoms with van der Waals surface area (Å²) >= 11 is 0. The highest BCUT2D eigenvalue weighted by Gasteiger charge is 2.24. The molecule has 0 amide bonds. The summed E-state index contributed by atoms with van der Waals surface area (Å²) < 4.78 is 4.93. The van der Waals surface area contributed by atoms with E-state index >= 15 is 0 Å². The van der Waals surface area contributed by atoms with Gasteiger partial charge >= 0.3 is 0 Å². The zero-order chi connectivity index (χ0) is 30.6. The van der Waals surface area contributed by atoms with Gasteiger partial charge in [0.2, 0.25) is 0 Å². The molecule has 46 heavy (non-hydrogen) atoms. The number of nitriles is 1. The molecular weight excluding hydrogens is 558 g/mol. The second-order valence-electron chi connectivity index (χ2n) is 12.5. The average Bonchev–Trinajstić information content (AvgIpc) is 3.64. The van der Waals surface area contributed by atoms with E-state index in [4.69, 9.17) is 0 Å². The maximum atomic E-state index is 10.4. The fraction of sp³-hybridized carbons (Fsp3) is 0.140. The summed E-state index contributed by atoms with van der Waals surface area (Å²) in [6, 6.07) is 43.9. The molecule has 0 N–H and O–H groups in total. The molecule has 5 aromatic carbocycles. The first-order valence-corrected chi connectivity index (χ1v) is 16.5. The first kappa shape index (κ1) is 26.8. The summed E-state index contributed by atoms with van der Waals surface area (Å²) in [5.41, 5.74) is 15.4. The Morgan fingerprint density at radius 3 is 2.07 bits per heavy atom. The van der Waals surface area contributed by atoms with Gasteiger partial charge in [0, 0.05) is 44.5 Å². The Labute approximate surface area is 269 Å². The maximum Gasteiger partial charge on any atom is 0.0998 e. The number of aromatic nitrogens is 2. The monoisotopic (exact) mass is 591 g/mol. The lowest BCUT2D eigenvalue weighted by Gasteiger charge is -2.20. The summed E-state index contributed by atoms with van der Waals surface area (Å²) in [4.78, 5) is 0.